The van der Waals surface area contributed by atoms with Crippen molar-refractivity contribution in [1.82, 2.24) is 0 Å². The molecule has 194 valence electrons. The lowest BCUT2D eigenvalue weighted by molar-refractivity contribution is -0.138. The van der Waals surface area contributed by atoms with Crippen LogP contribution < -0.4 is 15.0 Å². The number of rotatable bonds is 6. The molecule has 7 nitrogen and oxygen atoms in total. The Balaban J connectivity index is 1.67. The first-order valence-corrected chi connectivity index (χ1v) is 12.8. The highest BCUT2D eigenvalue weighted by atomic mass is 35.5. The molecule has 2 aliphatic rings. The third kappa shape index (κ3) is 4.89. The standard InChI is InChI=1S/C30H27ClN2O5/c1-38-20-12-10-18(11-13-20)19-16-24-29(26(34)17-19)30(21-6-2-3-7-22(21)31)33(27(35)14-15-28(36)37)25-9-5-4-8-23(25)32-24/h2-13,16,19,29-30,32H,14-15,17H2,1H3,(H,36,37)/t19-,29+,30+/m0/s1. The summed E-state index contributed by atoms with van der Waals surface area (Å²) in [7, 11) is 1.61. The molecule has 0 saturated heterocycles. The number of carbonyl (C=O) groups is 3. The number of carboxylic acid groups (broad SMARTS) is 1. The van der Waals surface area contributed by atoms with Gasteiger partial charge in [-0.15, -0.1) is 0 Å². The third-order valence-electron chi connectivity index (χ3n) is 7.11. The highest BCUT2D eigenvalue weighted by Gasteiger charge is 2.45. The van der Waals surface area contributed by atoms with Gasteiger partial charge in [-0.3, -0.25) is 14.4 Å². The third-order valence-corrected chi connectivity index (χ3v) is 7.45. The Bertz CT molecular complexity index is 1420. The van der Waals surface area contributed by atoms with Crippen LogP contribution in [0.2, 0.25) is 5.02 Å². The summed E-state index contributed by atoms with van der Waals surface area (Å²) >= 11 is 6.67. The van der Waals surface area contributed by atoms with Crippen LogP contribution in [0, 0.1) is 5.92 Å². The Labute approximate surface area is 225 Å². The van der Waals surface area contributed by atoms with Gasteiger partial charge in [0.2, 0.25) is 5.91 Å². The second-order valence-electron chi connectivity index (χ2n) is 9.42. The number of nitrogens with one attached hydrogen (secondary N) is 1. The molecule has 0 radical (unpaired) electrons. The van der Waals surface area contributed by atoms with Crippen LogP contribution in [-0.2, 0) is 14.4 Å². The van der Waals surface area contributed by atoms with E-state index in [9.17, 15) is 19.5 Å². The first-order valence-electron chi connectivity index (χ1n) is 12.4. The summed E-state index contributed by atoms with van der Waals surface area (Å²) in [6.07, 6.45) is 1.77. The minimum Gasteiger partial charge on any atom is -0.497 e. The highest BCUT2D eigenvalue weighted by molar-refractivity contribution is 6.31. The van der Waals surface area contributed by atoms with E-state index in [1.54, 1.807) is 30.2 Å². The summed E-state index contributed by atoms with van der Waals surface area (Å²) in [5.41, 5.74) is 3.52. The quantitative estimate of drug-likeness (QED) is 0.407. The van der Waals surface area contributed by atoms with Crippen molar-refractivity contribution in [2.45, 2.75) is 31.2 Å². The van der Waals surface area contributed by atoms with Crippen LogP contribution in [0.5, 0.6) is 5.75 Å². The summed E-state index contributed by atoms with van der Waals surface area (Å²) in [5.74, 6) is -1.64. The number of benzene rings is 3. The molecule has 1 heterocycles. The summed E-state index contributed by atoms with van der Waals surface area (Å²) in [4.78, 5) is 40.6. The zero-order chi connectivity index (χ0) is 26.8. The highest BCUT2D eigenvalue weighted by Crippen LogP contribution is 2.49. The molecule has 8 heteroatoms. The summed E-state index contributed by atoms with van der Waals surface area (Å²) in [5, 5.41) is 13.1. The van der Waals surface area contributed by atoms with Crippen molar-refractivity contribution in [2.75, 3.05) is 17.3 Å². The summed E-state index contributed by atoms with van der Waals surface area (Å²) in [6, 6.07) is 21.4. The maximum atomic E-state index is 14.0. The van der Waals surface area contributed by atoms with Crippen LogP contribution >= 0.6 is 11.6 Å². The molecule has 0 unspecified atom stereocenters. The molecule has 0 spiro atoms. The fourth-order valence-electron chi connectivity index (χ4n) is 5.33. The van der Waals surface area contributed by atoms with Crippen molar-refractivity contribution in [3.8, 4) is 5.75 Å². The molecule has 1 amide bonds. The number of ketones is 1. The van der Waals surface area contributed by atoms with E-state index in [1.165, 1.54) is 0 Å². The molecule has 3 atom stereocenters. The molecule has 0 saturated carbocycles. The molecule has 0 fully saturated rings. The summed E-state index contributed by atoms with van der Waals surface area (Å²) < 4.78 is 5.28. The van der Waals surface area contributed by atoms with E-state index >= 15 is 0 Å². The van der Waals surface area contributed by atoms with Gasteiger partial charge in [-0.05, 0) is 41.5 Å². The first-order chi connectivity index (χ1) is 18.4. The minimum absolute atomic E-state index is 0.0374. The van der Waals surface area contributed by atoms with E-state index in [2.05, 4.69) is 11.4 Å². The van der Waals surface area contributed by atoms with E-state index < -0.39 is 23.8 Å². The van der Waals surface area contributed by atoms with Crippen LogP contribution in [0.4, 0.5) is 11.4 Å². The monoisotopic (exact) mass is 530 g/mol. The number of aliphatic carboxylic acids is 1. The second-order valence-corrected chi connectivity index (χ2v) is 9.82. The number of hydrogen-bond donors (Lipinski definition) is 2. The number of halogens is 1. The van der Waals surface area contributed by atoms with E-state index in [0.717, 1.165) is 11.3 Å². The minimum atomic E-state index is -1.06. The molecule has 1 aliphatic carbocycles. The Morgan fingerprint density at radius 3 is 2.45 bits per heavy atom. The Morgan fingerprint density at radius 2 is 1.74 bits per heavy atom. The topological polar surface area (TPSA) is 95.9 Å². The maximum Gasteiger partial charge on any atom is 0.303 e. The average Bonchev–Trinajstić information content (AvgIpc) is 3.06. The number of ether oxygens (including phenoxy) is 1. The lowest BCUT2D eigenvalue weighted by Gasteiger charge is -2.38. The van der Waals surface area contributed by atoms with Gasteiger partial charge in [-0.1, -0.05) is 60.1 Å². The number of allylic oxidation sites excluding steroid dienone is 1. The van der Waals surface area contributed by atoms with E-state index in [-0.39, 0.29) is 31.0 Å². The predicted octanol–water partition coefficient (Wildman–Crippen LogP) is 5.97. The van der Waals surface area contributed by atoms with Crippen molar-refractivity contribution < 1.29 is 24.2 Å². The SMILES string of the molecule is COc1ccc([C@H]2C=C3Nc4ccccc4N(C(=O)CCC(=O)O)[C@H](c4ccccc4Cl)[C@H]3C(=O)C2)cc1. The second kappa shape index (κ2) is 10.7. The molecule has 0 aromatic heterocycles. The molecule has 1 aliphatic heterocycles. The van der Waals surface area contributed by atoms with Gasteiger partial charge in [0.1, 0.15) is 11.5 Å². The normalized spacial score (nSPS) is 20.4. The van der Waals surface area contributed by atoms with Crippen LogP contribution in [0.15, 0.2) is 84.6 Å². The van der Waals surface area contributed by atoms with Crippen molar-refractivity contribution in [3.63, 3.8) is 0 Å². The van der Waals surface area contributed by atoms with Gasteiger partial charge in [-0.2, -0.15) is 0 Å². The number of nitrogens with zero attached hydrogens (tertiary/aromatic N) is 1. The molecule has 0 bridgehead atoms. The van der Waals surface area contributed by atoms with Gasteiger partial charge in [0, 0.05) is 29.5 Å². The number of carbonyl (C=O) groups excluding carboxylic acids is 2. The molecular weight excluding hydrogens is 504 g/mol. The van der Waals surface area contributed by atoms with Crippen LogP contribution in [0.1, 0.15) is 42.3 Å². The van der Waals surface area contributed by atoms with E-state index in [0.29, 0.717) is 27.7 Å². The fourth-order valence-corrected chi connectivity index (χ4v) is 5.58. The van der Waals surface area contributed by atoms with Crippen LogP contribution in [0.25, 0.3) is 0 Å². The van der Waals surface area contributed by atoms with E-state index in [4.69, 9.17) is 16.3 Å². The Kier molecular flexibility index (Phi) is 7.20. The number of fused-ring (bicyclic) bond motifs is 2. The molecule has 3 aromatic rings. The van der Waals surface area contributed by atoms with Gasteiger partial charge in [0.25, 0.3) is 0 Å². The van der Waals surface area contributed by atoms with Crippen LogP contribution in [0.3, 0.4) is 0 Å². The zero-order valence-corrected chi connectivity index (χ0v) is 21.5. The lowest BCUT2D eigenvalue weighted by Crippen LogP contribution is -2.42. The lowest BCUT2D eigenvalue weighted by atomic mass is 9.76. The molecular formula is C30H27ClN2O5. The maximum absolute atomic E-state index is 14.0. The number of carboxylic acids is 1. The smallest absolute Gasteiger partial charge is 0.303 e. The molecule has 38 heavy (non-hydrogen) atoms. The van der Waals surface area contributed by atoms with Gasteiger partial charge < -0.3 is 20.1 Å². The first kappa shape index (κ1) is 25.5. The van der Waals surface area contributed by atoms with Crippen molar-refractivity contribution in [1.29, 1.82) is 0 Å². The number of amides is 1. The zero-order valence-electron chi connectivity index (χ0n) is 20.8. The van der Waals surface area contributed by atoms with Gasteiger partial charge >= 0.3 is 5.97 Å². The Morgan fingerprint density at radius 1 is 1.03 bits per heavy atom. The number of methoxy groups -OCH3 is 1. The summed E-state index contributed by atoms with van der Waals surface area (Å²) in [6.45, 7) is 0. The molecule has 5 rings (SSSR count). The molecule has 3 aromatic carbocycles. The van der Waals surface area contributed by atoms with Gasteiger partial charge in [0.15, 0.2) is 0 Å². The van der Waals surface area contributed by atoms with Crippen LogP contribution in [-0.4, -0.2) is 29.9 Å². The molecule has 2 N–H and O–H groups in total. The number of para-hydroxylation sites is 2. The fraction of sp³-hybridized carbons (Fsp3) is 0.233. The number of hydrogen-bond acceptors (Lipinski definition) is 5. The van der Waals surface area contributed by atoms with Crippen molar-refractivity contribution in [2.24, 2.45) is 5.92 Å². The Hall–Kier alpha value is -4.10. The van der Waals surface area contributed by atoms with Gasteiger partial charge in [-0.25, -0.2) is 0 Å². The van der Waals surface area contributed by atoms with E-state index in [1.807, 2.05) is 54.6 Å². The number of Topliss-reactive ketones (excluding diaryl/α,β-unsaturated/α-hetero) is 1. The largest absolute Gasteiger partial charge is 0.497 e. The average molecular weight is 531 g/mol. The van der Waals surface area contributed by atoms with Crippen molar-refractivity contribution >= 4 is 40.6 Å². The van der Waals surface area contributed by atoms with Gasteiger partial charge in [0.05, 0.1) is 36.9 Å². The predicted molar refractivity (Wildman–Crippen MR) is 146 cm³/mol. The van der Waals surface area contributed by atoms with Crippen molar-refractivity contribution in [3.05, 3.63) is 101 Å². The number of anilines is 2.